The van der Waals surface area contributed by atoms with Gasteiger partial charge in [-0.3, -0.25) is 19.7 Å². The minimum atomic E-state index is -1.90. The zero-order valence-corrected chi connectivity index (χ0v) is 23.8. The molecule has 14 nitrogen and oxygen atoms in total. The molecule has 1 aliphatic rings. The van der Waals surface area contributed by atoms with Gasteiger partial charge in [0.1, 0.15) is 6.67 Å². The van der Waals surface area contributed by atoms with Gasteiger partial charge < -0.3 is 36.1 Å². The standard InChI is InChI=1S/C26H32FN3O6.C2H2O4.H2O/c1-17-26(24(33)34,12-13-29(3)16-18-8-5-4-6-9-18)22(19-10-7-11-20(14-19)30(35)36)25(2,23(31)32)21(15-27)28-17;3-1(4)2(5)6;/h4-11,14,17,21-22,28H,12-13,15-16H2,1-3H3,(H,31,32)(H,33,34);(H,3,4)(H,5,6);1H2. The molecule has 0 radical (unpaired) electrons. The number of rotatable bonds is 10. The number of alkyl halides is 1. The Kier molecular flexibility index (Phi) is 12.9. The van der Waals surface area contributed by atoms with Crippen molar-refractivity contribution in [3.63, 3.8) is 0 Å². The maximum atomic E-state index is 14.2. The molecule has 1 heterocycles. The van der Waals surface area contributed by atoms with Crippen LogP contribution in [0.5, 0.6) is 0 Å². The summed E-state index contributed by atoms with van der Waals surface area (Å²) >= 11 is 0. The van der Waals surface area contributed by atoms with Gasteiger partial charge in [0.15, 0.2) is 0 Å². The minimum absolute atomic E-state index is 0. The summed E-state index contributed by atoms with van der Waals surface area (Å²) in [5.41, 5.74) is -2.66. The lowest BCUT2D eigenvalue weighted by Crippen LogP contribution is -2.70. The van der Waals surface area contributed by atoms with Crippen molar-refractivity contribution in [1.29, 1.82) is 0 Å². The maximum Gasteiger partial charge on any atom is 0.414 e. The molecule has 1 saturated heterocycles. The van der Waals surface area contributed by atoms with E-state index in [1.807, 2.05) is 42.3 Å². The number of hydrogen-bond donors (Lipinski definition) is 5. The summed E-state index contributed by atoms with van der Waals surface area (Å²) in [6.07, 6.45) is 0.0368. The van der Waals surface area contributed by atoms with Gasteiger partial charge >= 0.3 is 23.9 Å². The zero-order chi connectivity index (χ0) is 31.8. The van der Waals surface area contributed by atoms with Crippen LogP contribution in [0.1, 0.15) is 37.3 Å². The van der Waals surface area contributed by atoms with Crippen molar-refractivity contribution in [3.8, 4) is 0 Å². The van der Waals surface area contributed by atoms with Gasteiger partial charge in [0.2, 0.25) is 0 Å². The van der Waals surface area contributed by atoms with Crippen molar-refractivity contribution in [1.82, 2.24) is 10.2 Å². The van der Waals surface area contributed by atoms with Crippen LogP contribution in [0.25, 0.3) is 0 Å². The Bertz CT molecular complexity index is 1300. The molecule has 236 valence electrons. The monoisotopic (exact) mass is 609 g/mol. The third kappa shape index (κ3) is 7.88. The second-order valence-electron chi connectivity index (χ2n) is 10.4. The second-order valence-corrected chi connectivity index (χ2v) is 10.4. The highest BCUT2D eigenvalue weighted by Gasteiger charge is 2.66. The van der Waals surface area contributed by atoms with Gasteiger partial charge in [0.05, 0.1) is 21.8 Å². The number of non-ortho nitro benzene ring substituents is 1. The molecule has 5 atom stereocenters. The quantitative estimate of drug-likeness (QED) is 0.148. The molecule has 7 N–H and O–H groups in total. The number of carbonyl (C=O) groups is 4. The number of aliphatic carboxylic acids is 4. The first-order chi connectivity index (χ1) is 19.6. The Hall–Kier alpha value is -4.47. The highest BCUT2D eigenvalue weighted by atomic mass is 19.1. The van der Waals surface area contributed by atoms with Gasteiger partial charge in [0.25, 0.3) is 5.69 Å². The van der Waals surface area contributed by atoms with Crippen molar-refractivity contribution in [2.24, 2.45) is 10.8 Å². The molecule has 3 rings (SSSR count). The van der Waals surface area contributed by atoms with E-state index in [9.17, 15) is 34.3 Å². The van der Waals surface area contributed by atoms with E-state index < -0.39 is 64.3 Å². The first-order valence-corrected chi connectivity index (χ1v) is 12.8. The summed E-state index contributed by atoms with van der Waals surface area (Å²) in [6.45, 7) is 2.74. The fourth-order valence-corrected chi connectivity index (χ4v) is 5.68. The van der Waals surface area contributed by atoms with Crippen molar-refractivity contribution in [2.45, 2.75) is 44.8 Å². The van der Waals surface area contributed by atoms with Gasteiger partial charge in [-0.25, -0.2) is 14.0 Å². The van der Waals surface area contributed by atoms with Crippen LogP contribution in [0.3, 0.4) is 0 Å². The number of piperidine rings is 1. The average molecular weight is 610 g/mol. The first kappa shape index (κ1) is 36.6. The van der Waals surface area contributed by atoms with Gasteiger partial charge in [-0.05, 0) is 45.0 Å². The lowest BCUT2D eigenvalue weighted by Gasteiger charge is -2.56. The number of carboxylic acids is 4. The maximum absolute atomic E-state index is 14.2. The average Bonchev–Trinajstić information content (AvgIpc) is 2.93. The number of benzene rings is 2. The Balaban J connectivity index is 0.00000120. The van der Waals surface area contributed by atoms with Crippen LogP contribution in [0, 0.1) is 20.9 Å². The van der Waals surface area contributed by atoms with Gasteiger partial charge in [-0.15, -0.1) is 0 Å². The van der Waals surface area contributed by atoms with E-state index in [0.717, 1.165) is 5.56 Å². The van der Waals surface area contributed by atoms with E-state index in [4.69, 9.17) is 19.8 Å². The predicted molar refractivity (Wildman–Crippen MR) is 150 cm³/mol. The Morgan fingerprint density at radius 2 is 1.58 bits per heavy atom. The normalized spacial score (nSPS) is 24.5. The fourth-order valence-electron chi connectivity index (χ4n) is 5.68. The second kappa shape index (κ2) is 15.1. The van der Waals surface area contributed by atoms with E-state index in [-0.39, 0.29) is 23.1 Å². The topological polar surface area (TPSA) is 239 Å². The van der Waals surface area contributed by atoms with Crippen LogP contribution < -0.4 is 5.32 Å². The number of carboxylic acid groups (broad SMARTS) is 4. The smallest absolute Gasteiger partial charge is 0.414 e. The van der Waals surface area contributed by atoms with E-state index in [1.165, 1.54) is 31.2 Å². The molecule has 0 aliphatic carbocycles. The van der Waals surface area contributed by atoms with Crippen LogP contribution >= 0.6 is 0 Å². The summed E-state index contributed by atoms with van der Waals surface area (Å²) in [7, 11) is 1.84. The summed E-state index contributed by atoms with van der Waals surface area (Å²) in [5, 5.41) is 50.2. The molecule has 15 heteroatoms. The summed E-state index contributed by atoms with van der Waals surface area (Å²) < 4.78 is 14.2. The van der Waals surface area contributed by atoms with Crippen molar-refractivity contribution >= 4 is 29.6 Å². The van der Waals surface area contributed by atoms with Crippen LogP contribution in [-0.4, -0.2) is 92.0 Å². The summed E-state index contributed by atoms with van der Waals surface area (Å²) in [5.74, 6) is -7.51. The summed E-state index contributed by atoms with van der Waals surface area (Å²) in [6, 6.07) is 13.0. The van der Waals surface area contributed by atoms with Crippen LogP contribution in [-0.2, 0) is 25.7 Å². The number of nitro groups is 1. The van der Waals surface area contributed by atoms with Crippen molar-refractivity contribution in [2.75, 3.05) is 20.3 Å². The molecule has 5 unspecified atom stereocenters. The van der Waals surface area contributed by atoms with E-state index in [1.54, 1.807) is 6.92 Å². The minimum Gasteiger partial charge on any atom is -0.481 e. The van der Waals surface area contributed by atoms with E-state index in [0.29, 0.717) is 13.1 Å². The van der Waals surface area contributed by atoms with Crippen LogP contribution in [0.4, 0.5) is 10.1 Å². The Labute approximate surface area is 246 Å². The third-order valence-corrected chi connectivity index (χ3v) is 7.88. The van der Waals surface area contributed by atoms with Crippen molar-refractivity contribution < 1.29 is 54.4 Å². The number of nitrogens with one attached hydrogen (secondary N) is 1. The molecule has 0 bridgehead atoms. The zero-order valence-electron chi connectivity index (χ0n) is 23.8. The Morgan fingerprint density at radius 1 is 1.00 bits per heavy atom. The molecule has 0 saturated carbocycles. The van der Waals surface area contributed by atoms with E-state index in [2.05, 4.69) is 5.32 Å². The molecule has 2 aromatic carbocycles. The number of nitrogens with zero attached hydrogens (tertiary/aromatic N) is 2. The Morgan fingerprint density at radius 3 is 2.05 bits per heavy atom. The highest BCUT2D eigenvalue weighted by Crippen LogP contribution is 2.57. The number of hydrogen-bond acceptors (Lipinski definition) is 8. The third-order valence-electron chi connectivity index (χ3n) is 7.88. The molecular weight excluding hydrogens is 573 g/mol. The van der Waals surface area contributed by atoms with Crippen LogP contribution in [0.15, 0.2) is 54.6 Å². The molecule has 43 heavy (non-hydrogen) atoms. The largest absolute Gasteiger partial charge is 0.481 e. The number of halogens is 1. The predicted octanol–water partition coefficient (Wildman–Crippen LogP) is 2.02. The molecule has 1 aliphatic heterocycles. The van der Waals surface area contributed by atoms with Gasteiger partial charge in [-0.2, -0.15) is 0 Å². The molecule has 0 amide bonds. The lowest BCUT2D eigenvalue weighted by atomic mass is 9.51. The molecule has 1 fully saturated rings. The first-order valence-electron chi connectivity index (χ1n) is 12.8. The number of nitro benzene ring substituents is 1. The van der Waals surface area contributed by atoms with E-state index >= 15 is 0 Å². The van der Waals surface area contributed by atoms with Crippen LogP contribution in [0.2, 0.25) is 0 Å². The molecule has 0 aromatic heterocycles. The molecule has 2 aromatic rings. The van der Waals surface area contributed by atoms with Gasteiger partial charge in [-0.1, -0.05) is 42.5 Å². The molecule has 0 spiro atoms. The molecular formula is C28H36FN3O11. The van der Waals surface area contributed by atoms with Gasteiger partial charge in [0, 0.05) is 30.6 Å². The lowest BCUT2D eigenvalue weighted by molar-refractivity contribution is -0.385. The summed E-state index contributed by atoms with van der Waals surface area (Å²) in [4.78, 5) is 56.8. The highest BCUT2D eigenvalue weighted by molar-refractivity contribution is 6.27. The SMILES string of the molecule is CC1NC(CF)C(C)(C(=O)O)C(c2cccc([N+](=O)[O-])c2)C1(CCN(C)Cc1ccccc1)C(=O)O.O.O=C(O)C(=O)O. The fraction of sp³-hybridized carbons (Fsp3) is 0.429. The van der Waals surface area contributed by atoms with Crippen molar-refractivity contribution in [3.05, 3.63) is 75.8 Å².